The average molecular weight is 416 g/mol. The van der Waals surface area contributed by atoms with Gasteiger partial charge in [0.05, 0.1) is 24.4 Å². The van der Waals surface area contributed by atoms with Crippen LogP contribution in [0.15, 0.2) is 72.6 Å². The number of methoxy groups -OCH3 is 1. The van der Waals surface area contributed by atoms with Crippen LogP contribution in [0.3, 0.4) is 0 Å². The molecule has 7 heteroatoms. The van der Waals surface area contributed by atoms with E-state index in [1.807, 2.05) is 6.92 Å². The molecule has 1 aliphatic heterocycles. The van der Waals surface area contributed by atoms with Crippen LogP contribution in [0.2, 0.25) is 0 Å². The number of Topliss-reactive ketones (excluding diaryl/α,β-unsaturated/α-hetero) is 1. The number of hydrogen-bond acceptors (Lipinski definition) is 6. The maximum Gasteiger partial charge on any atom is 0.300 e. The molecule has 1 saturated heterocycles. The lowest BCUT2D eigenvalue weighted by Gasteiger charge is -2.26. The fraction of sp³-hybridized carbons (Fsp3) is 0.125. The number of aryl methyl sites for hydroxylation is 1. The van der Waals surface area contributed by atoms with Gasteiger partial charge < -0.3 is 14.9 Å². The van der Waals surface area contributed by atoms with Crippen LogP contribution < -0.4 is 9.64 Å². The van der Waals surface area contributed by atoms with Gasteiger partial charge in [0.15, 0.2) is 0 Å². The minimum absolute atomic E-state index is 0.0906. The third-order valence-electron chi connectivity index (χ3n) is 5.18. The molecule has 0 bridgehead atoms. The fourth-order valence-corrected chi connectivity index (χ4v) is 3.69. The molecule has 7 nitrogen and oxygen atoms in total. The predicted molar refractivity (Wildman–Crippen MR) is 115 cm³/mol. The molecule has 1 amide bonds. The molecule has 0 aliphatic carbocycles. The second-order valence-corrected chi connectivity index (χ2v) is 7.18. The molecule has 0 radical (unpaired) electrons. The van der Waals surface area contributed by atoms with Crippen molar-refractivity contribution >= 4 is 23.1 Å². The Labute approximate surface area is 178 Å². The highest BCUT2D eigenvalue weighted by Gasteiger charge is 2.47. The highest BCUT2D eigenvalue weighted by Crippen LogP contribution is 2.44. The Kier molecular flexibility index (Phi) is 5.17. The average Bonchev–Trinajstić information content (AvgIpc) is 3.06. The Hall–Kier alpha value is -4.13. The van der Waals surface area contributed by atoms with Crippen LogP contribution in [-0.2, 0) is 9.59 Å². The molecule has 2 heterocycles. The smallest absolute Gasteiger partial charge is 0.300 e. The van der Waals surface area contributed by atoms with Gasteiger partial charge in [0, 0.05) is 18.0 Å². The van der Waals surface area contributed by atoms with Crippen LogP contribution in [0, 0.1) is 6.92 Å². The highest BCUT2D eigenvalue weighted by molar-refractivity contribution is 6.51. The lowest BCUT2D eigenvalue weighted by atomic mass is 9.96. The van der Waals surface area contributed by atoms with Crippen molar-refractivity contribution in [2.75, 3.05) is 12.0 Å². The van der Waals surface area contributed by atoms with Crippen molar-refractivity contribution in [2.24, 2.45) is 0 Å². The first-order chi connectivity index (χ1) is 14.9. The highest BCUT2D eigenvalue weighted by atomic mass is 16.5. The van der Waals surface area contributed by atoms with Gasteiger partial charge in [-0.2, -0.15) is 0 Å². The van der Waals surface area contributed by atoms with Crippen LogP contribution in [-0.4, -0.2) is 34.0 Å². The number of amides is 1. The van der Waals surface area contributed by atoms with E-state index in [2.05, 4.69) is 4.98 Å². The summed E-state index contributed by atoms with van der Waals surface area (Å²) in [6.45, 7) is 1.81. The summed E-state index contributed by atoms with van der Waals surface area (Å²) in [4.78, 5) is 31.5. The number of carbonyl (C=O) groups excluding carboxylic acids is 2. The van der Waals surface area contributed by atoms with E-state index in [0.717, 1.165) is 5.56 Å². The van der Waals surface area contributed by atoms with Crippen LogP contribution in [0.5, 0.6) is 11.5 Å². The molecule has 1 aliphatic rings. The van der Waals surface area contributed by atoms with Crippen molar-refractivity contribution in [1.82, 2.24) is 4.98 Å². The number of aliphatic hydroxyl groups excluding tert-OH is 1. The van der Waals surface area contributed by atoms with Crippen LogP contribution in [0.25, 0.3) is 5.76 Å². The van der Waals surface area contributed by atoms with E-state index in [1.54, 1.807) is 54.7 Å². The molecule has 156 valence electrons. The van der Waals surface area contributed by atoms with Gasteiger partial charge in [0.25, 0.3) is 11.7 Å². The first-order valence-electron chi connectivity index (χ1n) is 9.57. The monoisotopic (exact) mass is 416 g/mol. The van der Waals surface area contributed by atoms with Gasteiger partial charge in [-0.1, -0.05) is 24.3 Å². The van der Waals surface area contributed by atoms with Crippen LogP contribution in [0.4, 0.5) is 5.69 Å². The number of ether oxygens (including phenoxy) is 1. The summed E-state index contributed by atoms with van der Waals surface area (Å²) in [6.07, 6.45) is 3.09. The van der Waals surface area contributed by atoms with Crippen molar-refractivity contribution in [1.29, 1.82) is 0 Å². The number of hydrogen-bond donors (Lipinski definition) is 2. The van der Waals surface area contributed by atoms with E-state index in [0.29, 0.717) is 16.9 Å². The second kappa shape index (κ2) is 7.95. The standard InChI is InChI=1S/C24H20N2O5/c1-14-8-9-19(27)18(11-14)26-21(16-6-4-10-25-13-16)20(23(29)24(26)30)22(28)15-5-3-7-17(12-15)31-2/h3-13,21,27-28H,1-2H3/b22-20+. The number of rotatable bonds is 4. The number of pyridine rings is 1. The number of aromatic hydroxyl groups is 1. The number of aliphatic hydroxyl groups is 1. The van der Waals surface area contributed by atoms with Gasteiger partial charge in [-0.25, -0.2) is 0 Å². The first-order valence-corrected chi connectivity index (χ1v) is 9.57. The molecule has 31 heavy (non-hydrogen) atoms. The molecule has 2 N–H and O–H groups in total. The normalized spacial score (nSPS) is 17.7. The Balaban J connectivity index is 1.97. The molecule has 0 spiro atoms. The summed E-state index contributed by atoms with van der Waals surface area (Å²) in [5, 5.41) is 21.5. The van der Waals surface area contributed by atoms with Gasteiger partial charge in [-0.3, -0.25) is 19.5 Å². The second-order valence-electron chi connectivity index (χ2n) is 7.18. The summed E-state index contributed by atoms with van der Waals surface area (Å²) in [6, 6.07) is 13.8. The molecule has 1 fully saturated rings. The zero-order valence-corrected chi connectivity index (χ0v) is 16.9. The molecule has 3 aromatic rings. The molecule has 1 unspecified atom stereocenters. The van der Waals surface area contributed by atoms with E-state index in [4.69, 9.17) is 4.74 Å². The minimum Gasteiger partial charge on any atom is -0.507 e. The maximum absolute atomic E-state index is 13.1. The zero-order valence-electron chi connectivity index (χ0n) is 16.9. The number of phenolic OH excluding ortho intramolecular Hbond substituents is 1. The largest absolute Gasteiger partial charge is 0.507 e. The van der Waals surface area contributed by atoms with Gasteiger partial charge in [0.2, 0.25) is 0 Å². The fourth-order valence-electron chi connectivity index (χ4n) is 3.69. The number of ketones is 1. The van der Waals surface area contributed by atoms with Crippen molar-refractivity contribution in [2.45, 2.75) is 13.0 Å². The van der Waals surface area contributed by atoms with Gasteiger partial charge in [-0.05, 0) is 48.4 Å². The SMILES string of the molecule is COc1cccc(/C(O)=C2\C(=O)C(=O)N(c3cc(C)ccc3O)C2c2cccnc2)c1. The van der Waals surface area contributed by atoms with E-state index in [1.165, 1.54) is 24.3 Å². The Morgan fingerprint density at radius 3 is 2.61 bits per heavy atom. The van der Waals surface area contributed by atoms with E-state index < -0.39 is 17.7 Å². The summed E-state index contributed by atoms with van der Waals surface area (Å²) < 4.78 is 5.21. The summed E-state index contributed by atoms with van der Waals surface area (Å²) in [5.74, 6) is -1.69. The van der Waals surface area contributed by atoms with E-state index in [-0.39, 0.29) is 22.8 Å². The molecule has 4 rings (SSSR count). The summed E-state index contributed by atoms with van der Waals surface area (Å²) >= 11 is 0. The summed E-state index contributed by atoms with van der Waals surface area (Å²) in [5.41, 5.74) is 1.74. The Morgan fingerprint density at radius 1 is 1.10 bits per heavy atom. The Bertz CT molecular complexity index is 1200. The Morgan fingerprint density at radius 2 is 1.90 bits per heavy atom. The number of benzene rings is 2. The van der Waals surface area contributed by atoms with E-state index >= 15 is 0 Å². The lowest BCUT2D eigenvalue weighted by molar-refractivity contribution is -0.132. The number of phenols is 1. The minimum atomic E-state index is -0.965. The van der Waals surface area contributed by atoms with Crippen molar-refractivity contribution < 1.29 is 24.5 Å². The molecule has 1 aromatic heterocycles. The van der Waals surface area contributed by atoms with Gasteiger partial charge in [0.1, 0.15) is 17.3 Å². The van der Waals surface area contributed by atoms with Crippen molar-refractivity contribution in [3.8, 4) is 11.5 Å². The van der Waals surface area contributed by atoms with Gasteiger partial charge in [-0.15, -0.1) is 0 Å². The van der Waals surface area contributed by atoms with Crippen molar-refractivity contribution in [3.05, 3.63) is 89.3 Å². The van der Waals surface area contributed by atoms with E-state index in [9.17, 15) is 19.8 Å². The molecule has 1 atom stereocenters. The molecule has 2 aromatic carbocycles. The number of anilines is 1. The number of aromatic nitrogens is 1. The van der Waals surface area contributed by atoms with Crippen molar-refractivity contribution in [3.63, 3.8) is 0 Å². The predicted octanol–water partition coefficient (Wildman–Crippen LogP) is 3.73. The van der Waals surface area contributed by atoms with Gasteiger partial charge >= 0.3 is 0 Å². The third kappa shape index (κ3) is 3.50. The molecular weight excluding hydrogens is 396 g/mol. The number of carbonyl (C=O) groups is 2. The zero-order chi connectivity index (χ0) is 22.1. The third-order valence-corrected chi connectivity index (χ3v) is 5.18. The number of nitrogens with zero attached hydrogens (tertiary/aromatic N) is 2. The topological polar surface area (TPSA) is 100.0 Å². The molecule has 0 saturated carbocycles. The van der Waals surface area contributed by atoms with Crippen LogP contribution in [0.1, 0.15) is 22.7 Å². The maximum atomic E-state index is 13.1. The summed E-state index contributed by atoms with van der Waals surface area (Å²) in [7, 11) is 1.49. The lowest BCUT2D eigenvalue weighted by Crippen LogP contribution is -2.29. The first kappa shape index (κ1) is 20.2. The van der Waals surface area contributed by atoms with Crippen LogP contribution >= 0.6 is 0 Å². The molecular formula is C24H20N2O5. The quantitative estimate of drug-likeness (QED) is 0.382.